The number of carbonyl (C=O) groups excluding carboxylic acids is 1. The van der Waals surface area contributed by atoms with E-state index in [4.69, 9.17) is 5.14 Å². The average Bonchev–Trinajstić information content (AvgIpc) is 2.36. The zero-order valence-electron chi connectivity index (χ0n) is 11.3. The summed E-state index contributed by atoms with van der Waals surface area (Å²) < 4.78 is 21.6. The van der Waals surface area contributed by atoms with Gasteiger partial charge in [-0.25, -0.2) is 13.6 Å². The van der Waals surface area contributed by atoms with Crippen molar-refractivity contribution in [2.24, 2.45) is 22.9 Å². The molecular formula is C13H24N2O3S. The molecule has 2 aliphatic carbocycles. The van der Waals surface area contributed by atoms with Gasteiger partial charge in [-0.15, -0.1) is 0 Å². The first kappa shape index (κ1) is 14.8. The maximum Gasteiger partial charge on any atom is 0.223 e. The smallest absolute Gasteiger partial charge is 0.223 e. The Balaban J connectivity index is 1.77. The van der Waals surface area contributed by atoms with Crippen molar-refractivity contribution in [1.29, 1.82) is 0 Å². The molecule has 0 heterocycles. The van der Waals surface area contributed by atoms with Crippen molar-refractivity contribution in [3.8, 4) is 0 Å². The zero-order valence-corrected chi connectivity index (χ0v) is 12.1. The minimum absolute atomic E-state index is 0.00711. The summed E-state index contributed by atoms with van der Waals surface area (Å²) in [7, 11) is -3.48. The van der Waals surface area contributed by atoms with Gasteiger partial charge in [-0.1, -0.05) is 25.7 Å². The fourth-order valence-electron chi connectivity index (χ4n) is 3.57. The second kappa shape index (κ2) is 6.22. The molecule has 0 aliphatic heterocycles. The summed E-state index contributed by atoms with van der Waals surface area (Å²) in [6, 6.07) is 0. The number of nitrogens with two attached hydrogens (primary N) is 1. The number of sulfonamides is 1. The Morgan fingerprint density at radius 3 is 2.47 bits per heavy atom. The first-order valence-electron chi connectivity index (χ1n) is 7.24. The van der Waals surface area contributed by atoms with Gasteiger partial charge in [0.25, 0.3) is 0 Å². The van der Waals surface area contributed by atoms with Crippen LogP contribution in [0.15, 0.2) is 0 Å². The van der Waals surface area contributed by atoms with Crippen LogP contribution in [0.3, 0.4) is 0 Å². The van der Waals surface area contributed by atoms with E-state index in [0.29, 0.717) is 5.92 Å². The predicted molar refractivity (Wildman–Crippen MR) is 73.8 cm³/mol. The normalized spacial score (nSPS) is 31.5. The molecule has 2 fully saturated rings. The molecule has 0 aromatic heterocycles. The van der Waals surface area contributed by atoms with Crippen LogP contribution in [0, 0.1) is 17.8 Å². The molecule has 5 nitrogen and oxygen atoms in total. The van der Waals surface area contributed by atoms with Crippen molar-refractivity contribution >= 4 is 15.9 Å². The molecule has 3 atom stereocenters. The summed E-state index contributed by atoms with van der Waals surface area (Å²) in [6.07, 6.45) is 8.29. The summed E-state index contributed by atoms with van der Waals surface area (Å²) in [5, 5.41) is 7.61. The first-order valence-corrected chi connectivity index (χ1v) is 8.95. The molecule has 0 radical (unpaired) electrons. The van der Waals surface area contributed by atoms with Gasteiger partial charge in [-0.05, 0) is 31.1 Å². The molecule has 3 unspecified atom stereocenters. The van der Waals surface area contributed by atoms with E-state index in [9.17, 15) is 13.2 Å². The number of carbonyl (C=O) groups is 1. The number of primary sulfonamides is 1. The summed E-state index contributed by atoms with van der Waals surface area (Å²) in [5.74, 6) is 1.42. The second-order valence-electron chi connectivity index (χ2n) is 5.97. The fourth-order valence-corrected chi connectivity index (χ4v) is 3.96. The van der Waals surface area contributed by atoms with Crippen LogP contribution in [0.5, 0.6) is 0 Å². The average molecular weight is 288 g/mol. The van der Waals surface area contributed by atoms with Crippen LogP contribution in [0.2, 0.25) is 0 Å². The Labute approximate surface area is 115 Å². The highest BCUT2D eigenvalue weighted by atomic mass is 32.2. The highest BCUT2D eigenvalue weighted by Gasteiger charge is 2.34. The van der Waals surface area contributed by atoms with Crippen molar-refractivity contribution in [3.05, 3.63) is 0 Å². The van der Waals surface area contributed by atoms with Crippen molar-refractivity contribution in [2.45, 2.75) is 44.9 Å². The number of fused-ring (bicyclic) bond motifs is 1. The molecule has 0 spiro atoms. The van der Waals surface area contributed by atoms with Crippen LogP contribution < -0.4 is 10.5 Å². The summed E-state index contributed by atoms with van der Waals surface area (Å²) >= 11 is 0. The van der Waals surface area contributed by atoms with Gasteiger partial charge in [0.15, 0.2) is 0 Å². The lowest BCUT2D eigenvalue weighted by Crippen LogP contribution is -2.39. The maximum absolute atomic E-state index is 12.0. The largest absolute Gasteiger partial charge is 0.355 e. The molecule has 0 saturated heterocycles. The molecule has 19 heavy (non-hydrogen) atoms. The highest BCUT2D eigenvalue weighted by Crippen LogP contribution is 2.42. The van der Waals surface area contributed by atoms with Gasteiger partial charge in [0.05, 0.1) is 5.75 Å². The highest BCUT2D eigenvalue weighted by molar-refractivity contribution is 7.89. The van der Waals surface area contributed by atoms with Gasteiger partial charge < -0.3 is 5.32 Å². The van der Waals surface area contributed by atoms with E-state index < -0.39 is 10.0 Å². The second-order valence-corrected chi connectivity index (χ2v) is 7.71. The van der Waals surface area contributed by atoms with Crippen LogP contribution in [-0.4, -0.2) is 26.6 Å². The molecule has 2 saturated carbocycles. The Morgan fingerprint density at radius 2 is 1.79 bits per heavy atom. The third kappa shape index (κ3) is 4.45. The number of amides is 1. The SMILES string of the molecule is NS(=O)(=O)CCNC(=O)C1CCC2CCCCC2C1. The lowest BCUT2D eigenvalue weighted by molar-refractivity contribution is -0.127. The third-order valence-electron chi connectivity index (χ3n) is 4.60. The molecule has 3 N–H and O–H groups in total. The van der Waals surface area contributed by atoms with Gasteiger partial charge in [0, 0.05) is 12.5 Å². The number of hydrogen-bond donors (Lipinski definition) is 2. The van der Waals surface area contributed by atoms with Crippen LogP contribution in [0.4, 0.5) is 0 Å². The first-order chi connectivity index (χ1) is 8.96. The third-order valence-corrected chi connectivity index (χ3v) is 5.37. The van der Waals surface area contributed by atoms with Crippen molar-refractivity contribution in [2.75, 3.05) is 12.3 Å². The van der Waals surface area contributed by atoms with E-state index >= 15 is 0 Å². The number of nitrogens with one attached hydrogen (secondary N) is 1. The van der Waals surface area contributed by atoms with Crippen molar-refractivity contribution < 1.29 is 13.2 Å². The Hall–Kier alpha value is -0.620. The summed E-state index contributed by atoms with van der Waals surface area (Å²) in [4.78, 5) is 12.0. The van der Waals surface area contributed by atoms with Gasteiger partial charge >= 0.3 is 0 Å². The van der Waals surface area contributed by atoms with Crippen molar-refractivity contribution in [1.82, 2.24) is 5.32 Å². The van der Waals surface area contributed by atoms with Crippen molar-refractivity contribution in [3.63, 3.8) is 0 Å². The molecule has 2 rings (SSSR count). The van der Waals surface area contributed by atoms with Gasteiger partial charge in [-0.3, -0.25) is 4.79 Å². The molecule has 0 bridgehead atoms. The van der Waals surface area contributed by atoms with E-state index in [1.807, 2.05) is 0 Å². The monoisotopic (exact) mass is 288 g/mol. The quantitative estimate of drug-likeness (QED) is 0.808. The minimum Gasteiger partial charge on any atom is -0.355 e. The molecule has 110 valence electrons. The predicted octanol–water partition coefficient (Wildman–Crippen LogP) is 0.998. The molecule has 1 amide bonds. The van der Waals surface area contributed by atoms with E-state index in [1.54, 1.807) is 0 Å². The minimum atomic E-state index is -3.48. The van der Waals surface area contributed by atoms with Gasteiger partial charge in [-0.2, -0.15) is 0 Å². The van der Waals surface area contributed by atoms with E-state index in [2.05, 4.69) is 5.32 Å². The van der Waals surface area contributed by atoms with E-state index in [-0.39, 0.29) is 24.1 Å². The zero-order chi connectivity index (χ0) is 13.9. The standard InChI is InChI=1S/C13H24N2O3S/c14-19(17,18)8-7-15-13(16)12-6-5-10-3-1-2-4-11(10)9-12/h10-12H,1-9H2,(H,15,16)(H2,14,17,18). The van der Waals surface area contributed by atoms with Crippen LogP contribution >= 0.6 is 0 Å². The summed E-state index contributed by atoms with van der Waals surface area (Å²) in [5.41, 5.74) is 0. The maximum atomic E-state index is 12.0. The number of rotatable bonds is 4. The molecule has 2 aliphatic rings. The topological polar surface area (TPSA) is 89.3 Å². The Kier molecular flexibility index (Phi) is 4.84. The van der Waals surface area contributed by atoms with Crippen LogP contribution in [0.1, 0.15) is 44.9 Å². The van der Waals surface area contributed by atoms with Gasteiger partial charge in [0.1, 0.15) is 0 Å². The fraction of sp³-hybridized carbons (Fsp3) is 0.923. The number of hydrogen-bond acceptors (Lipinski definition) is 3. The lowest BCUT2D eigenvalue weighted by Gasteiger charge is -2.38. The van der Waals surface area contributed by atoms with Crippen LogP contribution in [-0.2, 0) is 14.8 Å². The van der Waals surface area contributed by atoms with E-state index in [0.717, 1.165) is 25.2 Å². The van der Waals surface area contributed by atoms with E-state index in [1.165, 1.54) is 25.7 Å². The Morgan fingerprint density at radius 1 is 1.11 bits per heavy atom. The van der Waals surface area contributed by atoms with Crippen LogP contribution in [0.25, 0.3) is 0 Å². The molecule has 0 aromatic carbocycles. The molecule has 0 aromatic rings. The molecular weight excluding hydrogens is 264 g/mol. The van der Waals surface area contributed by atoms with Gasteiger partial charge in [0.2, 0.25) is 15.9 Å². The molecule has 6 heteroatoms. The lowest BCUT2D eigenvalue weighted by atomic mass is 9.67. The summed E-state index contributed by atoms with van der Waals surface area (Å²) in [6.45, 7) is 0.127. The Bertz CT molecular complexity index is 422.